The molecule has 0 aliphatic heterocycles. The Balaban J connectivity index is 2.37. The second-order valence-corrected chi connectivity index (χ2v) is 5.60. The van der Waals surface area contributed by atoms with Gasteiger partial charge in [-0.15, -0.1) is 0 Å². The zero-order valence-electron chi connectivity index (χ0n) is 14.2. The molecule has 3 rings (SSSR count). The van der Waals surface area contributed by atoms with Gasteiger partial charge in [0.25, 0.3) is 0 Å². The van der Waals surface area contributed by atoms with Crippen LogP contribution in [-0.4, -0.2) is 12.1 Å². The fourth-order valence-electron chi connectivity index (χ4n) is 2.65. The summed E-state index contributed by atoms with van der Waals surface area (Å²) in [5.74, 6) is -10.7. The summed E-state index contributed by atoms with van der Waals surface area (Å²) in [5.41, 5.74) is 3.81. The summed E-state index contributed by atoms with van der Waals surface area (Å²) >= 11 is 0. The van der Waals surface area contributed by atoms with E-state index < -0.39 is 51.6 Å². The minimum Gasteiger partial charge on any atom is -0.497 e. The van der Waals surface area contributed by atoms with Crippen LogP contribution in [-0.2, 0) is 0 Å². The van der Waals surface area contributed by atoms with Crippen LogP contribution in [0.25, 0.3) is 22.4 Å². The predicted molar refractivity (Wildman–Crippen MR) is 90.6 cm³/mol. The van der Waals surface area contributed by atoms with Crippen LogP contribution in [0.3, 0.4) is 0 Å². The van der Waals surface area contributed by atoms with E-state index in [0.29, 0.717) is 11.3 Å². The van der Waals surface area contributed by atoms with Crippen molar-refractivity contribution in [3.8, 4) is 34.2 Å². The van der Waals surface area contributed by atoms with E-state index in [1.165, 1.54) is 13.2 Å². The zero-order chi connectivity index (χ0) is 20.6. The van der Waals surface area contributed by atoms with Gasteiger partial charge in [-0.2, -0.15) is 5.26 Å². The Morgan fingerprint density at radius 1 is 0.964 bits per heavy atom. The van der Waals surface area contributed by atoms with Gasteiger partial charge in [0.15, 0.2) is 23.3 Å². The van der Waals surface area contributed by atoms with Crippen molar-refractivity contribution in [3.63, 3.8) is 0 Å². The van der Waals surface area contributed by atoms with Crippen LogP contribution in [0.5, 0.6) is 5.75 Å². The van der Waals surface area contributed by atoms with Crippen molar-refractivity contribution >= 4 is 5.82 Å². The van der Waals surface area contributed by atoms with Gasteiger partial charge in [0.1, 0.15) is 23.2 Å². The Labute approximate surface area is 155 Å². The van der Waals surface area contributed by atoms with Gasteiger partial charge in [-0.3, -0.25) is 0 Å². The highest BCUT2D eigenvalue weighted by molar-refractivity contribution is 5.81. The highest BCUT2D eigenvalue weighted by atomic mass is 19.2. The minimum atomic E-state index is -2.30. The van der Waals surface area contributed by atoms with Crippen LogP contribution in [0.15, 0.2) is 30.3 Å². The molecule has 0 aliphatic carbocycles. The van der Waals surface area contributed by atoms with E-state index in [0.717, 1.165) is 6.07 Å². The lowest BCUT2D eigenvalue weighted by molar-refractivity contribution is 0.381. The van der Waals surface area contributed by atoms with Gasteiger partial charge in [-0.05, 0) is 18.2 Å². The molecule has 3 aromatic rings. The lowest BCUT2D eigenvalue weighted by Gasteiger charge is -2.13. The summed E-state index contributed by atoms with van der Waals surface area (Å²) in [7, 11) is 1.42. The van der Waals surface area contributed by atoms with Gasteiger partial charge < -0.3 is 10.5 Å². The summed E-state index contributed by atoms with van der Waals surface area (Å²) in [6.07, 6.45) is 0. The van der Waals surface area contributed by atoms with E-state index in [1.807, 2.05) is 0 Å². The first-order valence-electron chi connectivity index (χ1n) is 7.67. The molecular weight excluding hydrogens is 381 g/mol. The van der Waals surface area contributed by atoms with E-state index in [1.54, 1.807) is 24.3 Å². The molecule has 0 unspecified atom stereocenters. The second kappa shape index (κ2) is 7.15. The molecule has 1 aromatic heterocycles. The van der Waals surface area contributed by atoms with Gasteiger partial charge in [-0.25, -0.2) is 26.9 Å². The summed E-state index contributed by atoms with van der Waals surface area (Å²) in [6.45, 7) is 0. The van der Waals surface area contributed by atoms with E-state index in [2.05, 4.69) is 4.98 Å². The number of nitrogen functional groups attached to an aromatic ring is 1. The van der Waals surface area contributed by atoms with Crippen molar-refractivity contribution in [1.29, 1.82) is 5.26 Å². The fraction of sp³-hybridized carbons (Fsp3) is 0.0526. The molecule has 1 heterocycles. The molecule has 0 saturated carbocycles. The molecule has 9 heteroatoms. The van der Waals surface area contributed by atoms with Crippen LogP contribution in [0.4, 0.5) is 27.8 Å². The predicted octanol–water partition coefficient (Wildman–Crippen LogP) is 4.57. The number of anilines is 1. The van der Waals surface area contributed by atoms with E-state index in [-0.39, 0.29) is 5.69 Å². The van der Waals surface area contributed by atoms with Gasteiger partial charge in [0, 0.05) is 11.1 Å². The summed E-state index contributed by atoms with van der Waals surface area (Å²) in [5, 5.41) is 9.28. The number of hydrogen-bond donors (Lipinski definition) is 1. The van der Waals surface area contributed by atoms with Crippen molar-refractivity contribution in [1.82, 2.24) is 4.98 Å². The van der Waals surface area contributed by atoms with Crippen molar-refractivity contribution in [2.45, 2.75) is 0 Å². The topological polar surface area (TPSA) is 71.9 Å². The lowest BCUT2D eigenvalue weighted by Crippen LogP contribution is -2.07. The van der Waals surface area contributed by atoms with Crippen molar-refractivity contribution < 1.29 is 26.7 Å². The molecule has 0 spiro atoms. The SMILES string of the molecule is COc1cccc(-c2cc(-c3c(F)c(F)c(F)c(F)c3F)c(C#N)c(N)n2)c1. The normalized spacial score (nSPS) is 10.6. The fourth-order valence-corrected chi connectivity index (χ4v) is 2.65. The standard InChI is InChI=1S/C19H10F5N3O/c1-28-9-4-2-3-8(5-9)12-6-10(11(7-25)19(26)27-12)13-14(20)16(22)18(24)17(23)15(13)21/h2-6H,1H3,(H2,26,27). The van der Waals surface area contributed by atoms with E-state index in [9.17, 15) is 27.2 Å². The number of ether oxygens (including phenoxy) is 1. The maximum Gasteiger partial charge on any atom is 0.200 e. The first kappa shape index (κ1) is 19.1. The van der Waals surface area contributed by atoms with Gasteiger partial charge in [0.2, 0.25) is 5.82 Å². The van der Waals surface area contributed by atoms with Gasteiger partial charge in [0.05, 0.1) is 18.4 Å². The smallest absolute Gasteiger partial charge is 0.200 e. The summed E-state index contributed by atoms with van der Waals surface area (Å²) in [6, 6.07) is 8.94. The monoisotopic (exact) mass is 391 g/mol. The Morgan fingerprint density at radius 2 is 1.57 bits per heavy atom. The number of pyridine rings is 1. The van der Waals surface area contributed by atoms with Gasteiger partial charge >= 0.3 is 0 Å². The third kappa shape index (κ3) is 2.99. The number of nitrogens with zero attached hydrogens (tertiary/aromatic N) is 2. The Bertz CT molecular complexity index is 1110. The average molecular weight is 391 g/mol. The number of rotatable bonds is 3. The quantitative estimate of drug-likeness (QED) is 0.403. The Morgan fingerprint density at radius 3 is 2.14 bits per heavy atom. The van der Waals surface area contributed by atoms with Crippen LogP contribution >= 0.6 is 0 Å². The molecule has 0 fully saturated rings. The number of hydrogen-bond acceptors (Lipinski definition) is 4. The number of nitriles is 1. The molecule has 0 atom stereocenters. The third-order valence-corrected chi connectivity index (χ3v) is 4.00. The molecule has 4 nitrogen and oxygen atoms in total. The van der Waals surface area contributed by atoms with Crippen LogP contribution in [0.1, 0.15) is 5.56 Å². The van der Waals surface area contributed by atoms with Crippen molar-refractivity contribution in [2.75, 3.05) is 12.8 Å². The number of nitrogens with two attached hydrogens (primary N) is 1. The average Bonchev–Trinajstić information content (AvgIpc) is 2.70. The lowest BCUT2D eigenvalue weighted by atomic mass is 9.97. The largest absolute Gasteiger partial charge is 0.497 e. The first-order valence-corrected chi connectivity index (χ1v) is 7.67. The molecule has 0 saturated heterocycles. The van der Waals surface area contributed by atoms with Crippen molar-refractivity contribution in [2.24, 2.45) is 0 Å². The third-order valence-electron chi connectivity index (χ3n) is 4.00. The molecule has 28 heavy (non-hydrogen) atoms. The maximum absolute atomic E-state index is 14.3. The highest BCUT2D eigenvalue weighted by Crippen LogP contribution is 2.37. The highest BCUT2D eigenvalue weighted by Gasteiger charge is 2.29. The first-order chi connectivity index (χ1) is 13.3. The number of benzene rings is 2. The summed E-state index contributed by atoms with van der Waals surface area (Å²) in [4.78, 5) is 3.99. The maximum atomic E-state index is 14.3. The van der Waals surface area contributed by atoms with E-state index >= 15 is 0 Å². The molecule has 0 bridgehead atoms. The summed E-state index contributed by atoms with van der Waals surface area (Å²) < 4.78 is 74.3. The second-order valence-electron chi connectivity index (χ2n) is 5.60. The number of aromatic nitrogens is 1. The van der Waals surface area contributed by atoms with Crippen molar-refractivity contribution in [3.05, 3.63) is 65.0 Å². The molecule has 2 aromatic carbocycles. The molecular formula is C19H10F5N3O. The van der Waals surface area contributed by atoms with Crippen LogP contribution in [0.2, 0.25) is 0 Å². The van der Waals surface area contributed by atoms with Crippen LogP contribution < -0.4 is 10.5 Å². The Hall–Kier alpha value is -3.67. The number of halogens is 5. The minimum absolute atomic E-state index is 0.0503. The number of methoxy groups -OCH3 is 1. The molecule has 2 N–H and O–H groups in total. The molecule has 0 amide bonds. The molecule has 0 radical (unpaired) electrons. The van der Waals surface area contributed by atoms with Crippen LogP contribution in [0, 0.1) is 40.4 Å². The zero-order valence-corrected chi connectivity index (χ0v) is 14.2. The molecule has 0 aliphatic rings. The molecule has 142 valence electrons. The Kier molecular flexibility index (Phi) is 4.88. The van der Waals surface area contributed by atoms with E-state index in [4.69, 9.17) is 10.5 Å². The van der Waals surface area contributed by atoms with Gasteiger partial charge in [-0.1, -0.05) is 12.1 Å².